The standard InChI is InChI=1S/C17H23N5O3/c1-25-17(24)11-7-13(9-20-8-11)22-15(18)14(16(19)23)10-21-12-5-3-2-4-6-12/h7-10,12,21H,2-6H2,1H3,(H2,18,22)(H2,19,23)/b14-10+. The van der Waals surface area contributed by atoms with Crippen molar-refractivity contribution in [2.75, 3.05) is 7.11 Å². The van der Waals surface area contributed by atoms with Crippen LogP contribution in [-0.4, -0.2) is 35.8 Å². The van der Waals surface area contributed by atoms with E-state index >= 15 is 0 Å². The Kier molecular flexibility index (Phi) is 6.50. The number of amides is 1. The van der Waals surface area contributed by atoms with Gasteiger partial charge in [-0.2, -0.15) is 0 Å². The first kappa shape index (κ1) is 18.4. The summed E-state index contributed by atoms with van der Waals surface area (Å²) in [5.41, 5.74) is 12.0. The Hall–Kier alpha value is -2.90. The third-order valence-electron chi connectivity index (χ3n) is 4.00. The molecule has 1 aromatic heterocycles. The highest BCUT2D eigenvalue weighted by molar-refractivity contribution is 6.20. The van der Waals surface area contributed by atoms with Gasteiger partial charge in [0.2, 0.25) is 0 Å². The van der Waals surface area contributed by atoms with Gasteiger partial charge in [0, 0.05) is 18.4 Å². The van der Waals surface area contributed by atoms with Crippen LogP contribution in [0.1, 0.15) is 42.5 Å². The molecule has 1 aromatic rings. The first-order valence-electron chi connectivity index (χ1n) is 8.15. The van der Waals surface area contributed by atoms with Crippen LogP contribution >= 0.6 is 0 Å². The minimum absolute atomic E-state index is 0.0420. The lowest BCUT2D eigenvalue weighted by Gasteiger charge is -2.22. The van der Waals surface area contributed by atoms with E-state index in [4.69, 9.17) is 11.5 Å². The molecule has 8 heteroatoms. The highest BCUT2D eigenvalue weighted by Crippen LogP contribution is 2.18. The Bertz CT molecular complexity index is 693. The SMILES string of the molecule is COC(=O)c1cncc(N=C(N)/C(=C\NC2CCCCC2)C(N)=O)c1. The Morgan fingerprint density at radius 3 is 2.64 bits per heavy atom. The van der Waals surface area contributed by atoms with E-state index in [-0.39, 0.29) is 17.0 Å². The molecule has 0 aliphatic heterocycles. The van der Waals surface area contributed by atoms with Gasteiger partial charge < -0.3 is 21.5 Å². The Morgan fingerprint density at radius 1 is 1.28 bits per heavy atom. The number of rotatable bonds is 6. The van der Waals surface area contributed by atoms with Gasteiger partial charge in [-0.15, -0.1) is 0 Å². The number of nitrogens with two attached hydrogens (primary N) is 2. The van der Waals surface area contributed by atoms with Crippen LogP contribution in [0.25, 0.3) is 0 Å². The second-order valence-corrected chi connectivity index (χ2v) is 5.84. The number of primary amides is 1. The summed E-state index contributed by atoms with van der Waals surface area (Å²) in [4.78, 5) is 31.3. The molecular weight excluding hydrogens is 322 g/mol. The quantitative estimate of drug-likeness (QED) is 0.306. The number of methoxy groups -OCH3 is 1. The zero-order valence-corrected chi connectivity index (χ0v) is 14.2. The van der Waals surface area contributed by atoms with Crippen molar-refractivity contribution in [2.45, 2.75) is 38.1 Å². The lowest BCUT2D eigenvalue weighted by molar-refractivity contribution is -0.114. The van der Waals surface area contributed by atoms with Crippen LogP contribution < -0.4 is 16.8 Å². The highest BCUT2D eigenvalue weighted by atomic mass is 16.5. The first-order chi connectivity index (χ1) is 12.0. The van der Waals surface area contributed by atoms with Gasteiger partial charge in [0.05, 0.1) is 30.1 Å². The molecule has 134 valence electrons. The smallest absolute Gasteiger partial charge is 0.339 e. The average Bonchev–Trinajstić information content (AvgIpc) is 2.62. The van der Waals surface area contributed by atoms with Crippen molar-refractivity contribution in [3.05, 3.63) is 35.8 Å². The van der Waals surface area contributed by atoms with Crippen LogP contribution in [0.4, 0.5) is 5.69 Å². The molecule has 1 fully saturated rings. The van der Waals surface area contributed by atoms with E-state index in [1.807, 2.05) is 0 Å². The number of nitrogens with one attached hydrogen (secondary N) is 1. The normalized spacial score (nSPS) is 16.4. The fraction of sp³-hybridized carbons (Fsp3) is 0.412. The summed E-state index contributed by atoms with van der Waals surface area (Å²) in [6, 6.07) is 1.78. The molecule has 25 heavy (non-hydrogen) atoms. The maximum atomic E-state index is 11.7. The van der Waals surface area contributed by atoms with Crippen molar-refractivity contribution in [3.63, 3.8) is 0 Å². The van der Waals surface area contributed by atoms with Gasteiger partial charge in [0.25, 0.3) is 5.91 Å². The molecule has 5 N–H and O–H groups in total. The van der Waals surface area contributed by atoms with Crippen molar-refractivity contribution in [1.29, 1.82) is 0 Å². The molecule has 1 amide bonds. The second kappa shape index (κ2) is 8.81. The molecule has 1 saturated carbocycles. The van der Waals surface area contributed by atoms with Crippen LogP contribution in [0, 0.1) is 0 Å². The minimum Gasteiger partial charge on any atom is -0.465 e. The molecule has 1 aliphatic carbocycles. The van der Waals surface area contributed by atoms with Gasteiger partial charge in [0.15, 0.2) is 0 Å². The number of carbonyl (C=O) groups excluding carboxylic acids is 2. The second-order valence-electron chi connectivity index (χ2n) is 5.84. The molecule has 0 unspecified atom stereocenters. The number of hydrogen-bond acceptors (Lipinski definition) is 6. The summed E-state index contributed by atoms with van der Waals surface area (Å²) in [6.07, 6.45) is 9.95. The van der Waals surface area contributed by atoms with Crippen molar-refractivity contribution in [3.8, 4) is 0 Å². The topological polar surface area (TPSA) is 133 Å². The molecule has 1 aliphatic rings. The number of nitrogens with zero attached hydrogens (tertiary/aromatic N) is 2. The molecule has 8 nitrogen and oxygen atoms in total. The molecule has 0 radical (unpaired) electrons. The lowest BCUT2D eigenvalue weighted by Crippen LogP contribution is -2.32. The van der Waals surface area contributed by atoms with E-state index < -0.39 is 11.9 Å². The monoisotopic (exact) mass is 345 g/mol. The predicted molar refractivity (Wildman–Crippen MR) is 94.1 cm³/mol. The Morgan fingerprint density at radius 2 is 2.00 bits per heavy atom. The number of pyridine rings is 1. The van der Waals surface area contributed by atoms with E-state index in [0.717, 1.165) is 25.7 Å². The van der Waals surface area contributed by atoms with E-state index in [2.05, 4.69) is 20.0 Å². The van der Waals surface area contributed by atoms with Crippen LogP contribution in [0.15, 0.2) is 35.2 Å². The minimum atomic E-state index is -0.679. The van der Waals surface area contributed by atoms with Crippen LogP contribution in [0.3, 0.4) is 0 Å². The Balaban J connectivity index is 2.18. The zero-order chi connectivity index (χ0) is 18.2. The number of carbonyl (C=O) groups is 2. The molecule has 1 heterocycles. The summed E-state index contributed by atoms with van der Waals surface area (Å²) in [5.74, 6) is -1.26. The van der Waals surface area contributed by atoms with Gasteiger partial charge in [-0.1, -0.05) is 19.3 Å². The van der Waals surface area contributed by atoms with E-state index in [1.165, 1.54) is 38.2 Å². The van der Waals surface area contributed by atoms with Crippen molar-refractivity contribution < 1.29 is 14.3 Å². The number of ether oxygens (including phenoxy) is 1. The van der Waals surface area contributed by atoms with Gasteiger partial charge in [-0.25, -0.2) is 9.79 Å². The van der Waals surface area contributed by atoms with Gasteiger partial charge in [-0.05, 0) is 18.9 Å². The summed E-state index contributed by atoms with van der Waals surface area (Å²) in [7, 11) is 1.28. The largest absolute Gasteiger partial charge is 0.465 e. The summed E-state index contributed by atoms with van der Waals surface area (Å²) >= 11 is 0. The molecule has 0 bridgehead atoms. The number of hydrogen-bond donors (Lipinski definition) is 3. The van der Waals surface area contributed by atoms with Gasteiger partial charge in [0.1, 0.15) is 5.84 Å². The van der Waals surface area contributed by atoms with Crippen LogP contribution in [-0.2, 0) is 9.53 Å². The number of aromatic nitrogens is 1. The Labute approximate surface area is 146 Å². The van der Waals surface area contributed by atoms with E-state index in [1.54, 1.807) is 0 Å². The maximum absolute atomic E-state index is 11.7. The molecule has 0 atom stereocenters. The fourth-order valence-electron chi connectivity index (χ4n) is 2.66. The zero-order valence-electron chi connectivity index (χ0n) is 14.2. The van der Waals surface area contributed by atoms with Crippen molar-refractivity contribution in [2.24, 2.45) is 16.5 Å². The molecule has 2 rings (SSSR count). The summed E-state index contributed by atoms with van der Waals surface area (Å²) in [5, 5.41) is 3.20. The van der Waals surface area contributed by atoms with Crippen LogP contribution in [0.5, 0.6) is 0 Å². The van der Waals surface area contributed by atoms with Crippen molar-refractivity contribution >= 4 is 23.4 Å². The molecule has 0 spiro atoms. The number of aliphatic imine (C=N–C) groups is 1. The number of esters is 1. The van der Waals surface area contributed by atoms with E-state index in [0.29, 0.717) is 11.7 Å². The van der Waals surface area contributed by atoms with Crippen molar-refractivity contribution in [1.82, 2.24) is 10.3 Å². The fourth-order valence-corrected chi connectivity index (χ4v) is 2.66. The van der Waals surface area contributed by atoms with Gasteiger partial charge in [-0.3, -0.25) is 9.78 Å². The maximum Gasteiger partial charge on any atom is 0.339 e. The van der Waals surface area contributed by atoms with Gasteiger partial charge >= 0.3 is 5.97 Å². The summed E-state index contributed by atoms with van der Waals surface area (Å²) in [6.45, 7) is 0. The van der Waals surface area contributed by atoms with Crippen LogP contribution in [0.2, 0.25) is 0 Å². The first-order valence-corrected chi connectivity index (χ1v) is 8.15. The van der Waals surface area contributed by atoms with E-state index in [9.17, 15) is 9.59 Å². The third-order valence-corrected chi connectivity index (χ3v) is 4.00. The molecular formula is C17H23N5O3. The average molecular weight is 345 g/mol. The number of amidine groups is 1. The predicted octanol–water partition coefficient (Wildman–Crippen LogP) is 1.15. The molecule has 0 saturated heterocycles. The lowest BCUT2D eigenvalue weighted by atomic mass is 9.95. The highest BCUT2D eigenvalue weighted by Gasteiger charge is 2.15. The molecule has 0 aromatic carbocycles. The summed E-state index contributed by atoms with van der Waals surface area (Å²) < 4.78 is 4.63. The third kappa shape index (κ3) is 5.30.